The zero-order chi connectivity index (χ0) is 24.1. The summed E-state index contributed by atoms with van der Waals surface area (Å²) < 4.78 is 10.1. The predicted octanol–water partition coefficient (Wildman–Crippen LogP) is 0.638. The summed E-state index contributed by atoms with van der Waals surface area (Å²) in [7, 11) is 0. The van der Waals surface area contributed by atoms with Gasteiger partial charge in [-0.15, -0.1) is 0 Å². The Balaban J connectivity index is 1.69. The summed E-state index contributed by atoms with van der Waals surface area (Å²) in [5.41, 5.74) is 1.56. The first-order valence-corrected chi connectivity index (χ1v) is 10.2. The summed E-state index contributed by atoms with van der Waals surface area (Å²) in [6.45, 7) is 0.544. The Hall–Kier alpha value is -3.92. The summed E-state index contributed by atoms with van der Waals surface area (Å²) in [6.07, 6.45) is -2.14. The van der Waals surface area contributed by atoms with Gasteiger partial charge < -0.3 is 30.5 Å². The van der Waals surface area contributed by atoms with Crippen molar-refractivity contribution in [1.29, 1.82) is 0 Å². The Bertz CT molecular complexity index is 920. The van der Waals surface area contributed by atoms with Crippen molar-refractivity contribution in [2.75, 3.05) is 13.1 Å². The molecule has 0 saturated heterocycles. The average molecular weight is 457 g/mol. The quantitative estimate of drug-likeness (QED) is 0.363. The molecule has 0 radical (unpaired) electrons. The number of alkyl carbamates (subject to hydrolysis) is 1. The highest BCUT2D eigenvalue weighted by atomic mass is 16.5. The van der Waals surface area contributed by atoms with Crippen LogP contribution in [0, 0.1) is 0 Å². The van der Waals surface area contributed by atoms with Crippen molar-refractivity contribution in [2.24, 2.45) is 0 Å². The zero-order valence-electron chi connectivity index (χ0n) is 18.2. The Labute approximate surface area is 191 Å². The molecule has 2 aromatic rings. The van der Waals surface area contributed by atoms with E-state index in [0.717, 1.165) is 11.1 Å². The van der Waals surface area contributed by atoms with Crippen molar-refractivity contribution in [1.82, 2.24) is 16.0 Å². The van der Waals surface area contributed by atoms with Crippen LogP contribution in [0.1, 0.15) is 18.1 Å². The molecule has 176 valence electrons. The number of carbonyl (C=O) groups excluding carboxylic acids is 4. The minimum absolute atomic E-state index is 0.0103. The Morgan fingerprint density at radius 3 is 1.91 bits per heavy atom. The van der Waals surface area contributed by atoms with Gasteiger partial charge in [0.25, 0.3) is 0 Å². The summed E-state index contributed by atoms with van der Waals surface area (Å²) in [5, 5.41) is 16.7. The molecular weight excluding hydrogens is 430 g/mol. The molecule has 3 amide bonds. The van der Waals surface area contributed by atoms with Crippen LogP contribution in [-0.2, 0) is 37.1 Å². The van der Waals surface area contributed by atoms with E-state index in [1.165, 1.54) is 6.92 Å². The van der Waals surface area contributed by atoms with E-state index in [1.807, 2.05) is 24.3 Å². The third kappa shape index (κ3) is 9.83. The minimum Gasteiger partial charge on any atom is -0.460 e. The predicted molar refractivity (Wildman–Crippen MR) is 117 cm³/mol. The van der Waals surface area contributed by atoms with Gasteiger partial charge in [-0.05, 0) is 18.1 Å². The maximum atomic E-state index is 12.3. The molecule has 0 aromatic heterocycles. The molecule has 0 saturated carbocycles. The van der Waals surface area contributed by atoms with Crippen LogP contribution in [0.5, 0.6) is 0 Å². The van der Waals surface area contributed by atoms with Crippen molar-refractivity contribution in [3.05, 3.63) is 71.8 Å². The lowest BCUT2D eigenvalue weighted by molar-refractivity contribution is -0.145. The second-order valence-electron chi connectivity index (χ2n) is 7.07. The SMILES string of the molecule is C[C@@H](O)[C@@H](NC(=O)OCc1ccccc1)C(=O)NCC(=O)NCC(=O)OCc1ccccc1. The first-order valence-electron chi connectivity index (χ1n) is 10.2. The Morgan fingerprint density at radius 2 is 1.36 bits per heavy atom. The van der Waals surface area contributed by atoms with Crippen molar-refractivity contribution < 1.29 is 33.8 Å². The van der Waals surface area contributed by atoms with Gasteiger partial charge in [0.05, 0.1) is 12.6 Å². The number of hydrogen-bond acceptors (Lipinski definition) is 7. The number of esters is 1. The normalized spacial score (nSPS) is 12.1. The van der Waals surface area contributed by atoms with E-state index in [-0.39, 0.29) is 19.8 Å². The Morgan fingerprint density at radius 1 is 0.818 bits per heavy atom. The third-order valence-corrected chi connectivity index (χ3v) is 4.35. The molecule has 10 heteroatoms. The van der Waals surface area contributed by atoms with Gasteiger partial charge >= 0.3 is 12.1 Å². The zero-order valence-corrected chi connectivity index (χ0v) is 18.2. The fraction of sp³-hybridized carbons (Fsp3) is 0.304. The molecule has 0 heterocycles. The highest BCUT2D eigenvalue weighted by Crippen LogP contribution is 2.02. The second-order valence-corrected chi connectivity index (χ2v) is 7.07. The number of rotatable bonds is 11. The molecule has 4 N–H and O–H groups in total. The lowest BCUT2D eigenvalue weighted by Crippen LogP contribution is -2.54. The minimum atomic E-state index is -1.34. The van der Waals surface area contributed by atoms with Crippen LogP contribution in [0.3, 0.4) is 0 Å². The van der Waals surface area contributed by atoms with Crippen LogP contribution in [-0.4, -0.2) is 54.2 Å². The van der Waals surface area contributed by atoms with Crippen molar-refractivity contribution in [3.63, 3.8) is 0 Å². The van der Waals surface area contributed by atoms with Gasteiger partial charge in [0.2, 0.25) is 11.8 Å². The molecule has 0 aliphatic heterocycles. The van der Waals surface area contributed by atoms with E-state index >= 15 is 0 Å². The largest absolute Gasteiger partial charge is 0.460 e. The fourth-order valence-corrected chi connectivity index (χ4v) is 2.60. The van der Waals surface area contributed by atoms with Gasteiger partial charge in [-0.3, -0.25) is 14.4 Å². The van der Waals surface area contributed by atoms with Crippen LogP contribution in [0.2, 0.25) is 0 Å². The molecule has 2 atom stereocenters. The molecule has 0 aliphatic rings. The Kier molecular flexibility index (Phi) is 10.4. The molecule has 2 aromatic carbocycles. The van der Waals surface area contributed by atoms with Crippen molar-refractivity contribution in [3.8, 4) is 0 Å². The van der Waals surface area contributed by atoms with Crippen LogP contribution < -0.4 is 16.0 Å². The molecule has 0 fully saturated rings. The van der Waals surface area contributed by atoms with Gasteiger partial charge in [0.1, 0.15) is 25.8 Å². The maximum absolute atomic E-state index is 12.3. The number of carbonyl (C=O) groups is 4. The molecule has 10 nitrogen and oxygen atoms in total. The van der Waals surface area contributed by atoms with Gasteiger partial charge in [-0.2, -0.15) is 0 Å². The van der Waals surface area contributed by atoms with Crippen LogP contribution in [0.4, 0.5) is 4.79 Å². The molecule has 0 spiro atoms. The average Bonchev–Trinajstić information content (AvgIpc) is 2.83. The van der Waals surface area contributed by atoms with Gasteiger partial charge in [-0.1, -0.05) is 60.7 Å². The first-order chi connectivity index (χ1) is 15.8. The fourth-order valence-electron chi connectivity index (χ4n) is 2.60. The van der Waals surface area contributed by atoms with Crippen molar-refractivity contribution in [2.45, 2.75) is 32.3 Å². The van der Waals surface area contributed by atoms with Crippen LogP contribution >= 0.6 is 0 Å². The number of aliphatic hydroxyl groups is 1. The van der Waals surface area contributed by atoms with E-state index in [4.69, 9.17) is 9.47 Å². The summed E-state index contributed by atoms with van der Waals surface area (Å²) >= 11 is 0. The van der Waals surface area contributed by atoms with E-state index in [9.17, 15) is 24.3 Å². The number of ether oxygens (including phenoxy) is 2. The summed E-state index contributed by atoms with van der Waals surface area (Å²) in [5.74, 6) is -2.07. The third-order valence-electron chi connectivity index (χ3n) is 4.35. The number of nitrogens with one attached hydrogen (secondary N) is 3. The topological polar surface area (TPSA) is 143 Å². The number of aliphatic hydroxyl groups excluding tert-OH is 1. The van der Waals surface area contributed by atoms with E-state index in [0.29, 0.717) is 0 Å². The van der Waals surface area contributed by atoms with E-state index < -0.39 is 42.6 Å². The van der Waals surface area contributed by atoms with Crippen LogP contribution in [0.15, 0.2) is 60.7 Å². The van der Waals surface area contributed by atoms with E-state index in [2.05, 4.69) is 16.0 Å². The second kappa shape index (κ2) is 13.5. The molecule has 0 unspecified atom stereocenters. The molecule has 0 aliphatic carbocycles. The highest BCUT2D eigenvalue weighted by molar-refractivity contribution is 5.90. The van der Waals surface area contributed by atoms with E-state index in [1.54, 1.807) is 36.4 Å². The monoisotopic (exact) mass is 457 g/mol. The molecule has 33 heavy (non-hydrogen) atoms. The van der Waals surface area contributed by atoms with Gasteiger partial charge in [-0.25, -0.2) is 4.79 Å². The standard InChI is InChI=1S/C23H27N3O7/c1-16(27)21(26-23(31)33-15-18-10-6-3-7-11-18)22(30)25-12-19(28)24-13-20(29)32-14-17-8-4-2-5-9-17/h2-11,16,21,27H,12-15H2,1H3,(H,24,28)(H,25,30)(H,26,31)/t16-,21-/m1/s1. The number of amides is 3. The summed E-state index contributed by atoms with van der Waals surface area (Å²) in [4.78, 5) is 47.9. The molecular formula is C23H27N3O7. The molecule has 0 bridgehead atoms. The lowest BCUT2D eigenvalue weighted by atomic mass is 10.1. The highest BCUT2D eigenvalue weighted by Gasteiger charge is 2.26. The van der Waals surface area contributed by atoms with Crippen LogP contribution in [0.25, 0.3) is 0 Å². The van der Waals surface area contributed by atoms with Gasteiger partial charge in [0, 0.05) is 0 Å². The van der Waals surface area contributed by atoms with Crippen molar-refractivity contribution >= 4 is 23.9 Å². The smallest absolute Gasteiger partial charge is 0.408 e. The van der Waals surface area contributed by atoms with Gasteiger partial charge in [0.15, 0.2) is 0 Å². The molecule has 2 rings (SSSR count). The number of benzene rings is 2. The summed E-state index contributed by atoms with van der Waals surface area (Å²) in [6, 6.07) is 16.6. The first kappa shape index (κ1) is 25.3. The number of hydrogen-bond donors (Lipinski definition) is 4. The maximum Gasteiger partial charge on any atom is 0.408 e. The lowest BCUT2D eigenvalue weighted by Gasteiger charge is -2.20.